The van der Waals surface area contributed by atoms with Gasteiger partial charge in [-0.05, 0) is 59.8 Å². The second-order valence-corrected chi connectivity index (χ2v) is 9.31. The Morgan fingerprint density at radius 3 is 2.56 bits per heavy atom. The molecule has 0 bridgehead atoms. The minimum atomic E-state index is -4.65. The van der Waals surface area contributed by atoms with Crippen molar-refractivity contribution in [3.05, 3.63) is 92.3 Å². The topological polar surface area (TPSA) is 59.9 Å². The first-order chi connectivity index (χ1) is 17.1. The highest BCUT2D eigenvalue weighted by Gasteiger charge is 2.34. The molecule has 0 aliphatic carbocycles. The summed E-state index contributed by atoms with van der Waals surface area (Å²) in [6, 6.07) is 15.6. The standard InChI is InChI=1S/C25H17Cl2F3N2O3S/c1-34-21-10-14(6-9-20(21)35-13-15-4-2-3-5-18(15)27)11-22-23(33)32-24(36-22)31-19-8-7-16(26)12-17(19)25(28,29)30/h2-12H,13H2,1H3,(H,31,32,33)/b22-11-. The molecule has 186 valence electrons. The van der Waals surface area contributed by atoms with E-state index < -0.39 is 17.6 Å². The number of rotatable bonds is 6. The van der Waals surface area contributed by atoms with Crippen LogP contribution < -0.4 is 14.8 Å². The molecular formula is C25H17Cl2F3N2O3S. The molecule has 0 saturated carbocycles. The van der Waals surface area contributed by atoms with Gasteiger partial charge in [0.1, 0.15) is 6.61 Å². The fraction of sp³-hybridized carbons (Fsp3) is 0.120. The Morgan fingerprint density at radius 1 is 1.06 bits per heavy atom. The molecule has 0 atom stereocenters. The van der Waals surface area contributed by atoms with Gasteiger partial charge in [-0.25, -0.2) is 4.99 Å². The molecule has 5 nitrogen and oxygen atoms in total. The van der Waals surface area contributed by atoms with Gasteiger partial charge in [-0.15, -0.1) is 0 Å². The van der Waals surface area contributed by atoms with E-state index in [-0.39, 0.29) is 27.4 Å². The zero-order chi connectivity index (χ0) is 25.9. The number of alkyl halides is 3. The molecule has 11 heteroatoms. The van der Waals surface area contributed by atoms with Crippen molar-refractivity contribution in [2.75, 3.05) is 7.11 Å². The van der Waals surface area contributed by atoms with E-state index in [1.54, 1.807) is 30.3 Å². The van der Waals surface area contributed by atoms with Gasteiger partial charge in [0.25, 0.3) is 5.91 Å². The maximum absolute atomic E-state index is 13.4. The average molecular weight is 553 g/mol. The molecule has 1 fully saturated rings. The van der Waals surface area contributed by atoms with Gasteiger partial charge in [0.2, 0.25) is 0 Å². The second kappa shape index (κ2) is 10.9. The molecule has 1 amide bonds. The van der Waals surface area contributed by atoms with Crippen molar-refractivity contribution in [3.8, 4) is 11.5 Å². The van der Waals surface area contributed by atoms with Crippen LogP contribution in [0.4, 0.5) is 18.9 Å². The van der Waals surface area contributed by atoms with Crippen molar-refractivity contribution >= 4 is 57.8 Å². The molecule has 0 aromatic heterocycles. The lowest BCUT2D eigenvalue weighted by atomic mass is 10.2. The van der Waals surface area contributed by atoms with Crippen LogP contribution in [0.5, 0.6) is 11.5 Å². The summed E-state index contributed by atoms with van der Waals surface area (Å²) in [6.07, 6.45) is -3.07. The quantitative estimate of drug-likeness (QED) is 0.322. The van der Waals surface area contributed by atoms with Crippen molar-refractivity contribution in [2.24, 2.45) is 4.99 Å². The van der Waals surface area contributed by atoms with E-state index in [0.29, 0.717) is 22.1 Å². The molecular weight excluding hydrogens is 536 g/mol. The molecule has 1 aliphatic rings. The number of hydrogen-bond acceptors (Lipinski definition) is 5. The lowest BCUT2D eigenvalue weighted by molar-refractivity contribution is -0.137. The first kappa shape index (κ1) is 25.9. The molecule has 3 aromatic carbocycles. The number of halogens is 5. The van der Waals surface area contributed by atoms with E-state index in [1.165, 1.54) is 13.2 Å². The highest BCUT2D eigenvalue weighted by molar-refractivity contribution is 8.18. The first-order valence-electron chi connectivity index (χ1n) is 10.3. The van der Waals surface area contributed by atoms with Crippen LogP contribution in [-0.2, 0) is 17.6 Å². The number of hydrogen-bond donors (Lipinski definition) is 1. The Balaban J connectivity index is 1.53. The number of methoxy groups -OCH3 is 1. The van der Waals surface area contributed by atoms with Crippen molar-refractivity contribution in [3.63, 3.8) is 0 Å². The van der Waals surface area contributed by atoms with Crippen LogP contribution in [0.2, 0.25) is 10.0 Å². The van der Waals surface area contributed by atoms with Crippen LogP contribution in [-0.4, -0.2) is 18.2 Å². The predicted molar refractivity (Wildman–Crippen MR) is 136 cm³/mol. The minimum Gasteiger partial charge on any atom is -0.493 e. The van der Waals surface area contributed by atoms with Gasteiger partial charge >= 0.3 is 6.18 Å². The third-order valence-electron chi connectivity index (χ3n) is 4.96. The van der Waals surface area contributed by atoms with Gasteiger partial charge in [0.15, 0.2) is 16.7 Å². The Kier molecular flexibility index (Phi) is 7.82. The minimum absolute atomic E-state index is 0.0192. The zero-order valence-corrected chi connectivity index (χ0v) is 20.9. The Hall–Kier alpha value is -3.14. The fourth-order valence-electron chi connectivity index (χ4n) is 3.24. The molecule has 36 heavy (non-hydrogen) atoms. The van der Waals surface area contributed by atoms with E-state index in [9.17, 15) is 18.0 Å². The molecule has 0 spiro atoms. The van der Waals surface area contributed by atoms with Crippen molar-refractivity contribution in [2.45, 2.75) is 12.8 Å². The summed E-state index contributed by atoms with van der Waals surface area (Å²) in [6.45, 7) is 0.235. The molecule has 3 aromatic rings. The number of benzene rings is 3. The van der Waals surface area contributed by atoms with Crippen LogP contribution in [0.1, 0.15) is 16.7 Å². The van der Waals surface area contributed by atoms with Gasteiger partial charge in [0.05, 0.1) is 23.3 Å². The summed E-state index contributed by atoms with van der Waals surface area (Å²) in [5.74, 6) is 0.428. The molecule has 0 unspecified atom stereocenters. The van der Waals surface area contributed by atoms with Crippen LogP contribution in [0.25, 0.3) is 6.08 Å². The number of amidine groups is 1. The molecule has 1 aliphatic heterocycles. The molecule has 1 heterocycles. The summed E-state index contributed by atoms with van der Waals surface area (Å²) < 4.78 is 51.3. The van der Waals surface area contributed by atoms with Crippen molar-refractivity contribution < 1.29 is 27.4 Å². The Morgan fingerprint density at radius 2 is 1.83 bits per heavy atom. The zero-order valence-electron chi connectivity index (χ0n) is 18.5. The predicted octanol–water partition coefficient (Wildman–Crippen LogP) is 7.49. The summed E-state index contributed by atoms with van der Waals surface area (Å²) in [7, 11) is 1.49. The van der Waals surface area contributed by atoms with Crippen LogP contribution in [0.15, 0.2) is 70.6 Å². The first-order valence-corrected chi connectivity index (χ1v) is 11.9. The van der Waals surface area contributed by atoms with E-state index >= 15 is 0 Å². The van der Waals surface area contributed by atoms with Gasteiger partial charge in [0, 0.05) is 15.6 Å². The number of thioether (sulfide) groups is 1. The Bertz CT molecular complexity index is 1380. The fourth-order valence-corrected chi connectivity index (χ4v) is 4.44. The van der Waals surface area contributed by atoms with Crippen LogP contribution >= 0.6 is 35.0 Å². The molecule has 4 rings (SSSR count). The number of carbonyl (C=O) groups excluding carboxylic acids is 1. The highest BCUT2D eigenvalue weighted by atomic mass is 35.5. The third-order valence-corrected chi connectivity index (χ3v) is 6.48. The second-order valence-electron chi connectivity index (χ2n) is 7.43. The number of carbonyl (C=O) groups is 1. The summed E-state index contributed by atoms with van der Waals surface area (Å²) in [5.41, 5.74) is 0.0930. The SMILES string of the molecule is COc1cc(/C=C2\SC(=Nc3ccc(Cl)cc3C(F)(F)F)NC2=O)ccc1OCc1ccccc1Cl. The summed E-state index contributed by atoms with van der Waals surface area (Å²) >= 11 is 12.8. The Labute approximate surface area is 218 Å². The van der Waals surface area contributed by atoms with Crippen LogP contribution in [0, 0.1) is 0 Å². The van der Waals surface area contributed by atoms with Gasteiger partial charge in [-0.3, -0.25) is 4.79 Å². The van der Waals surface area contributed by atoms with E-state index in [2.05, 4.69) is 10.3 Å². The molecule has 0 radical (unpaired) electrons. The molecule has 1 N–H and O–H groups in total. The van der Waals surface area contributed by atoms with Gasteiger partial charge < -0.3 is 14.8 Å². The lowest BCUT2D eigenvalue weighted by Gasteiger charge is -2.12. The summed E-state index contributed by atoms with van der Waals surface area (Å²) in [5, 5.41) is 3.02. The maximum atomic E-state index is 13.4. The number of aliphatic imine (C=N–C) groups is 1. The van der Waals surface area contributed by atoms with Gasteiger partial charge in [-0.2, -0.15) is 13.2 Å². The van der Waals surface area contributed by atoms with E-state index in [0.717, 1.165) is 29.5 Å². The van der Waals surface area contributed by atoms with Crippen molar-refractivity contribution in [1.82, 2.24) is 5.32 Å². The third kappa shape index (κ3) is 6.16. The lowest BCUT2D eigenvalue weighted by Crippen LogP contribution is -2.19. The average Bonchev–Trinajstić information content (AvgIpc) is 3.17. The van der Waals surface area contributed by atoms with E-state index in [4.69, 9.17) is 32.7 Å². The number of nitrogens with one attached hydrogen (secondary N) is 1. The largest absolute Gasteiger partial charge is 0.493 e. The monoisotopic (exact) mass is 552 g/mol. The summed E-state index contributed by atoms with van der Waals surface area (Å²) in [4.78, 5) is 16.7. The van der Waals surface area contributed by atoms with Gasteiger partial charge in [-0.1, -0.05) is 47.5 Å². The highest BCUT2D eigenvalue weighted by Crippen LogP contribution is 2.39. The smallest absolute Gasteiger partial charge is 0.418 e. The number of nitrogens with zero attached hydrogens (tertiary/aromatic N) is 1. The maximum Gasteiger partial charge on any atom is 0.418 e. The normalized spacial score (nSPS) is 15.9. The van der Waals surface area contributed by atoms with Crippen LogP contribution in [0.3, 0.4) is 0 Å². The molecule has 1 saturated heterocycles. The number of amides is 1. The van der Waals surface area contributed by atoms with Crippen molar-refractivity contribution in [1.29, 1.82) is 0 Å². The van der Waals surface area contributed by atoms with E-state index in [1.807, 2.05) is 18.2 Å². The number of ether oxygens (including phenoxy) is 2.